The quantitative estimate of drug-likeness (QED) is 0.724. The van der Waals surface area contributed by atoms with E-state index in [-0.39, 0.29) is 6.04 Å². The number of aromatic nitrogens is 2. The zero-order chi connectivity index (χ0) is 13.5. The number of rotatable bonds is 8. The molecule has 0 saturated heterocycles. The van der Waals surface area contributed by atoms with Gasteiger partial charge in [0.25, 0.3) is 0 Å². The zero-order valence-corrected chi connectivity index (χ0v) is 12.2. The van der Waals surface area contributed by atoms with Crippen LogP contribution in [0.3, 0.4) is 0 Å². The Morgan fingerprint density at radius 3 is 2.44 bits per heavy atom. The third kappa shape index (κ3) is 3.33. The van der Waals surface area contributed by atoms with Gasteiger partial charge in [-0.25, -0.2) is 0 Å². The number of nitrogens with zero attached hydrogens (tertiary/aromatic N) is 2. The van der Waals surface area contributed by atoms with E-state index < -0.39 is 0 Å². The fourth-order valence-corrected chi connectivity index (χ4v) is 2.31. The molecule has 0 saturated carbocycles. The van der Waals surface area contributed by atoms with Crippen LogP contribution in [0.25, 0.3) is 0 Å². The predicted octanol–water partition coefficient (Wildman–Crippen LogP) is 2.45. The molecule has 104 valence electrons. The molecule has 0 fully saturated rings. The second-order valence-corrected chi connectivity index (χ2v) is 4.45. The van der Waals surface area contributed by atoms with Crippen LogP contribution < -0.4 is 5.73 Å². The smallest absolute Gasteiger partial charge is 0.0672 e. The van der Waals surface area contributed by atoms with E-state index in [0.717, 1.165) is 44.7 Å². The molecule has 1 heterocycles. The van der Waals surface area contributed by atoms with E-state index >= 15 is 0 Å². The van der Waals surface area contributed by atoms with Crippen molar-refractivity contribution in [3.8, 4) is 0 Å². The lowest BCUT2D eigenvalue weighted by atomic mass is 10.00. The Kier molecular flexibility index (Phi) is 6.36. The molecule has 0 aliphatic heterocycles. The first kappa shape index (κ1) is 15.2. The van der Waals surface area contributed by atoms with E-state index in [1.165, 1.54) is 11.3 Å². The SMILES string of the molecule is CCOCCn1nc(CC)c(C(N)CC)c1CC. The van der Waals surface area contributed by atoms with Crippen molar-refractivity contribution >= 4 is 0 Å². The minimum absolute atomic E-state index is 0.107. The molecule has 0 bridgehead atoms. The maximum absolute atomic E-state index is 6.23. The van der Waals surface area contributed by atoms with Crippen LogP contribution in [-0.2, 0) is 24.1 Å². The Labute approximate surface area is 111 Å². The van der Waals surface area contributed by atoms with Gasteiger partial charge >= 0.3 is 0 Å². The lowest BCUT2D eigenvalue weighted by Gasteiger charge is -2.12. The molecule has 1 aromatic rings. The summed E-state index contributed by atoms with van der Waals surface area (Å²) in [4.78, 5) is 0. The van der Waals surface area contributed by atoms with Gasteiger partial charge in [0, 0.05) is 23.9 Å². The van der Waals surface area contributed by atoms with Gasteiger partial charge in [-0.1, -0.05) is 20.8 Å². The fraction of sp³-hybridized carbons (Fsp3) is 0.786. The molecule has 0 aliphatic carbocycles. The monoisotopic (exact) mass is 253 g/mol. The molecule has 1 atom stereocenters. The minimum atomic E-state index is 0.107. The van der Waals surface area contributed by atoms with Crippen molar-refractivity contribution in [3.05, 3.63) is 17.0 Å². The van der Waals surface area contributed by atoms with Gasteiger partial charge in [-0.05, 0) is 26.2 Å². The summed E-state index contributed by atoms with van der Waals surface area (Å²) in [6.45, 7) is 10.7. The van der Waals surface area contributed by atoms with Crippen LogP contribution in [0.15, 0.2) is 0 Å². The molecule has 0 amide bonds. The highest BCUT2D eigenvalue weighted by atomic mass is 16.5. The highest BCUT2D eigenvalue weighted by Crippen LogP contribution is 2.24. The van der Waals surface area contributed by atoms with Crippen molar-refractivity contribution in [2.45, 2.75) is 59.5 Å². The summed E-state index contributed by atoms with van der Waals surface area (Å²) in [6.07, 6.45) is 2.87. The van der Waals surface area contributed by atoms with E-state index in [4.69, 9.17) is 15.6 Å². The van der Waals surface area contributed by atoms with Crippen molar-refractivity contribution in [1.29, 1.82) is 0 Å². The fourth-order valence-electron chi connectivity index (χ4n) is 2.31. The van der Waals surface area contributed by atoms with E-state index in [9.17, 15) is 0 Å². The van der Waals surface area contributed by atoms with Gasteiger partial charge < -0.3 is 10.5 Å². The molecule has 0 radical (unpaired) electrons. The van der Waals surface area contributed by atoms with Crippen molar-refractivity contribution < 1.29 is 4.74 Å². The summed E-state index contributed by atoms with van der Waals surface area (Å²) in [5.74, 6) is 0. The zero-order valence-electron chi connectivity index (χ0n) is 12.2. The van der Waals surface area contributed by atoms with E-state index in [1.807, 2.05) is 6.92 Å². The van der Waals surface area contributed by atoms with Gasteiger partial charge in [0.15, 0.2) is 0 Å². The maximum atomic E-state index is 6.23. The van der Waals surface area contributed by atoms with Gasteiger partial charge in [-0.2, -0.15) is 5.10 Å². The first-order chi connectivity index (χ1) is 8.69. The van der Waals surface area contributed by atoms with Crippen molar-refractivity contribution in [3.63, 3.8) is 0 Å². The van der Waals surface area contributed by atoms with Gasteiger partial charge in [0.05, 0.1) is 18.8 Å². The lowest BCUT2D eigenvalue weighted by molar-refractivity contribution is 0.135. The third-order valence-corrected chi connectivity index (χ3v) is 3.31. The highest BCUT2D eigenvalue weighted by Gasteiger charge is 2.19. The summed E-state index contributed by atoms with van der Waals surface area (Å²) in [7, 11) is 0. The summed E-state index contributed by atoms with van der Waals surface area (Å²) < 4.78 is 7.50. The Hall–Kier alpha value is -0.870. The summed E-state index contributed by atoms with van der Waals surface area (Å²) in [5.41, 5.74) is 9.92. The average molecular weight is 253 g/mol. The highest BCUT2D eigenvalue weighted by molar-refractivity contribution is 5.30. The number of hydrogen-bond donors (Lipinski definition) is 1. The number of aryl methyl sites for hydroxylation is 1. The first-order valence-electron chi connectivity index (χ1n) is 7.11. The Morgan fingerprint density at radius 2 is 1.94 bits per heavy atom. The molecular formula is C14H27N3O. The molecule has 0 aromatic carbocycles. The molecule has 0 spiro atoms. The van der Waals surface area contributed by atoms with Crippen LogP contribution >= 0.6 is 0 Å². The second-order valence-electron chi connectivity index (χ2n) is 4.45. The third-order valence-electron chi connectivity index (χ3n) is 3.31. The largest absolute Gasteiger partial charge is 0.380 e. The van der Waals surface area contributed by atoms with Crippen LogP contribution in [0, 0.1) is 0 Å². The molecular weight excluding hydrogens is 226 g/mol. The van der Waals surface area contributed by atoms with Gasteiger partial charge in [0.2, 0.25) is 0 Å². The standard InChI is InChI=1S/C14H27N3O/c1-5-11(15)14-12(6-2)16-17(13(14)7-3)9-10-18-8-4/h11H,5-10,15H2,1-4H3. The topological polar surface area (TPSA) is 53.1 Å². The Balaban J connectivity index is 3.00. The Morgan fingerprint density at radius 1 is 1.22 bits per heavy atom. The molecule has 1 unspecified atom stereocenters. The van der Waals surface area contributed by atoms with Crippen LogP contribution in [0.4, 0.5) is 0 Å². The molecule has 18 heavy (non-hydrogen) atoms. The Bertz CT molecular complexity index is 360. The van der Waals surface area contributed by atoms with E-state index in [1.54, 1.807) is 0 Å². The summed E-state index contributed by atoms with van der Waals surface area (Å²) in [6, 6.07) is 0.107. The second kappa shape index (κ2) is 7.54. The van der Waals surface area contributed by atoms with Gasteiger partial charge in [-0.3, -0.25) is 4.68 Å². The number of ether oxygens (including phenoxy) is 1. The molecule has 2 N–H and O–H groups in total. The predicted molar refractivity (Wildman–Crippen MR) is 74.7 cm³/mol. The van der Waals surface area contributed by atoms with Crippen LogP contribution in [0.2, 0.25) is 0 Å². The van der Waals surface area contributed by atoms with Gasteiger partial charge in [-0.15, -0.1) is 0 Å². The first-order valence-corrected chi connectivity index (χ1v) is 7.11. The molecule has 0 aliphatic rings. The van der Waals surface area contributed by atoms with Crippen LogP contribution in [0.5, 0.6) is 0 Å². The van der Waals surface area contributed by atoms with Gasteiger partial charge in [0.1, 0.15) is 0 Å². The molecule has 4 heteroatoms. The van der Waals surface area contributed by atoms with E-state index in [2.05, 4.69) is 25.5 Å². The normalized spacial score (nSPS) is 12.9. The van der Waals surface area contributed by atoms with Crippen LogP contribution in [0.1, 0.15) is 57.1 Å². The van der Waals surface area contributed by atoms with Crippen molar-refractivity contribution in [1.82, 2.24) is 9.78 Å². The summed E-state index contributed by atoms with van der Waals surface area (Å²) in [5, 5.41) is 4.70. The number of hydrogen-bond acceptors (Lipinski definition) is 3. The molecule has 4 nitrogen and oxygen atoms in total. The number of nitrogens with two attached hydrogens (primary N) is 1. The molecule has 1 rings (SSSR count). The van der Waals surface area contributed by atoms with Crippen molar-refractivity contribution in [2.24, 2.45) is 5.73 Å². The molecule has 1 aromatic heterocycles. The van der Waals surface area contributed by atoms with E-state index in [0.29, 0.717) is 0 Å². The summed E-state index contributed by atoms with van der Waals surface area (Å²) >= 11 is 0. The maximum Gasteiger partial charge on any atom is 0.0672 e. The van der Waals surface area contributed by atoms with Crippen molar-refractivity contribution in [2.75, 3.05) is 13.2 Å². The average Bonchev–Trinajstić information content (AvgIpc) is 2.75. The minimum Gasteiger partial charge on any atom is -0.380 e. The van der Waals surface area contributed by atoms with Crippen LogP contribution in [-0.4, -0.2) is 23.0 Å². The lowest BCUT2D eigenvalue weighted by Crippen LogP contribution is -2.14.